The van der Waals surface area contributed by atoms with Gasteiger partial charge in [-0.15, -0.1) is 0 Å². The second kappa shape index (κ2) is 10.2. The third kappa shape index (κ3) is 4.98. The van der Waals surface area contributed by atoms with E-state index in [0.717, 1.165) is 60.2 Å². The van der Waals surface area contributed by atoms with Gasteiger partial charge in [0.25, 0.3) is 0 Å². The van der Waals surface area contributed by atoms with Gasteiger partial charge < -0.3 is 24.3 Å². The van der Waals surface area contributed by atoms with Crippen molar-refractivity contribution in [3.63, 3.8) is 0 Å². The zero-order chi connectivity index (χ0) is 28.0. The van der Waals surface area contributed by atoms with Crippen LogP contribution in [0.5, 0.6) is 5.88 Å². The summed E-state index contributed by atoms with van der Waals surface area (Å²) in [5.74, 6) is 0.605. The molecule has 6 rings (SSSR count). The first-order chi connectivity index (χ1) is 19.2. The van der Waals surface area contributed by atoms with Gasteiger partial charge in [0.15, 0.2) is 0 Å². The van der Waals surface area contributed by atoms with Crippen LogP contribution in [0.4, 0.5) is 10.5 Å². The van der Waals surface area contributed by atoms with E-state index in [0.29, 0.717) is 12.4 Å². The van der Waals surface area contributed by atoms with Crippen LogP contribution in [0.15, 0.2) is 48.9 Å². The van der Waals surface area contributed by atoms with Crippen molar-refractivity contribution in [1.82, 2.24) is 19.9 Å². The van der Waals surface area contributed by atoms with Crippen molar-refractivity contribution in [2.45, 2.75) is 65.1 Å². The van der Waals surface area contributed by atoms with Crippen LogP contribution < -0.4 is 9.64 Å². The number of aromatic amines is 1. The van der Waals surface area contributed by atoms with Gasteiger partial charge >= 0.3 is 6.09 Å². The predicted octanol–water partition coefficient (Wildman–Crippen LogP) is 6.58. The lowest BCUT2D eigenvalue weighted by Crippen LogP contribution is -2.37. The van der Waals surface area contributed by atoms with Crippen LogP contribution in [-0.4, -0.2) is 51.7 Å². The van der Waals surface area contributed by atoms with Gasteiger partial charge in [0, 0.05) is 60.9 Å². The summed E-state index contributed by atoms with van der Waals surface area (Å²) in [6.45, 7) is 10.2. The summed E-state index contributed by atoms with van der Waals surface area (Å²) in [5.41, 5.74) is 8.66. The minimum atomic E-state index is -0.543. The molecule has 8 nitrogen and oxygen atoms in total. The summed E-state index contributed by atoms with van der Waals surface area (Å²) in [4.78, 5) is 29.9. The van der Waals surface area contributed by atoms with E-state index in [1.807, 2.05) is 50.2 Å². The zero-order valence-corrected chi connectivity index (χ0v) is 24.0. The number of methoxy groups -OCH3 is 1. The fourth-order valence-corrected chi connectivity index (χ4v) is 6.01. The molecular formula is C32H37N5O3. The second-order valence-corrected chi connectivity index (χ2v) is 11.9. The standard InChI is InChI=1S/C32H37N5O3/c1-20-17-34-30-25(20)15-23(18-35-30)22-13-21-9-12-36(24-8-10-33-29(16-24)39-5)19-27(21)26(14-22)28-7-6-11-37(28)31(38)40-32(2,3)4/h8,10,13-18,28H,6-7,9,11-12,19H2,1-5H3,(H,34,35). The van der Waals surface area contributed by atoms with Crippen LogP contribution in [-0.2, 0) is 17.7 Å². The highest BCUT2D eigenvalue weighted by atomic mass is 16.6. The number of H-pyrrole nitrogens is 1. The number of nitrogens with zero attached hydrogens (tertiary/aromatic N) is 4. The summed E-state index contributed by atoms with van der Waals surface area (Å²) >= 11 is 0. The molecule has 208 valence electrons. The van der Waals surface area contributed by atoms with Gasteiger partial charge in [-0.1, -0.05) is 6.07 Å². The van der Waals surface area contributed by atoms with Crippen LogP contribution >= 0.6 is 0 Å². The molecule has 1 amide bonds. The molecule has 0 saturated carbocycles. The molecule has 0 aliphatic carbocycles. The topological polar surface area (TPSA) is 83.6 Å². The maximum atomic E-state index is 13.3. The molecule has 0 radical (unpaired) electrons. The van der Waals surface area contributed by atoms with E-state index < -0.39 is 5.60 Å². The van der Waals surface area contributed by atoms with Crippen molar-refractivity contribution in [3.05, 3.63) is 71.2 Å². The van der Waals surface area contributed by atoms with Gasteiger partial charge in [-0.05, 0) is 93.0 Å². The maximum Gasteiger partial charge on any atom is 0.410 e. The Morgan fingerprint density at radius 3 is 2.75 bits per heavy atom. The van der Waals surface area contributed by atoms with E-state index in [4.69, 9.17) is 14.5 Å². The highest BCUT2D eigenvalue weighted by Gasteiger charge is 2.36. The number of nitrogens with one attached hydrogen (secondary N) is 1. The Balaban J connectivity index is 1.44. The van der Waals surface area contributed by atoms with Crippen LogP contribution in [0, 0.1) is 6.92 Å². The average molecular weight is 540 g/mol. The summed E-state index contributed by atoms with van der Waals surface area (Å²) in [7, 11) is 1.64. The molecule has 2 aliphatic heterocycles. The molecule has 40 heavy (non-hydrogen) atoms. The van der Waals surface area contributed by atoms with E-state index in [1.165, 1.54) is 22.3 Å². The number of aromatic nitrogens is 3. The van der Waals surface area contributed by atoms with Gasteiger partial charge in [-0.3, -0.25) is 0 Å². The number of pyridine rings is 2. The van der Waals surface area contributed by atoms with Gasteiger partial charge in [0.2, 0.25) is 5.88 Å². The number of benzene rings is 1. The largest absolute Gasteiger partial charge is 0.481 e. The number of hydrogen-bond acceptors (Lipinski definition) is 6. The van der Waals surface area contributed by atoms with Gasteiger partial charge in [-0.2, -0.15) is 0 Å². The molecule has 1 aromatic carbocycles. The third-order valence-electron chi connectivity index (χ3n) is 7.98. The Kier molecular flexibility index (Phi) is 6.64. The van der Waals surface area contributed by atoms with Crippen LogP contribution in [0.2, 0.25) is 0 Å². The molecule has 1 N–H and O–H groups in total. The Morgan fingerprint density at radius 1 is 1.10 bits per heavy atom. The van der Waals surface area contributed by atoms with Gasteiger partial charge in [-0.25, -0.2) is 14.8 Å². The SMILES string of the molecule is COc1cc(N2CCc3cc(-c4cnc5[nH]cc(C)c5c4)cc(C4CCCN4C(=O)OC(C)(C)C)c3C2)ccn1. The minimum Gasteiger partial charge on any atom is -0.481 e. The average Bonchev–Trinajstić information content (AvgIpc) is 3.58. The van der Waals surface area contributed by atoms with Crippen molar-refractivity contribution in [3.8, 4) is 17.0 Å². The lowest BCUT2D eigenvalue weighted by Gasteiger charge is -2.35. The smallest absolute Gasteiger partial charge is 0.410 e. The number of fused-ring (bicyclic) bond motifs is 2. The van der Waals surface area contributed by atoms with E-state index in [-0.39, 0.29) is 12.1 Å². The quantitative estimate of drug-likeness (QED) is 0.316. The molecule has 2 aliphatic rings. The fraction of sp³-hybridized carbons (Fsp3) is 0.406. The molecule has 1 fully saturated rings. The number of hydrogen-bond donors (Lipinski definition) is 1. The molecule has 0 spiro atoms. The number of amides is 1. The molecule has 1 atom stereocenters. The van der Waals surface area contributed by atoms with Crippen molar-refractivity contribution in [2.24, 2.45) is 0 Å². The van der Waals surface area contributed by atoms with Crippen molar-refractivity contribution in [2.75, 3.05) is 25.1 Å². The first-order valence-corrected chi connectivity index (χ1v) is 14.0. The molecule has 1 unspecified atom stereocenters. The monoisotopic (exact) mass is 539 g/mol. The second-order valence-electron chi connectivity index (χ2n) is 11.9. The van der Waals surface area contributed by atoms with Crippen LogP contribution in [0.25, 0.3) is 22.2 Å². The van der Waals surface area contributed by atoms with Crippen LogP contribution in [0.3, 0.4) is 0 Å². The zero-order valence-electron chi connectivity index (χ0n) is 24.0. The Hall–Kier alpha value is -4.07. The highest BCUT2D eigenvalue weighted by Crippen LogP contribution is 2.41. The Morgan fingerprint density at radius 2 is 1.95 bits per heavy atom. The minimum absolute atomic E-state index is 0.0406. The Labute approximate surface area is 235 Å². The maximum absolute atomic E-state index is 13.3. The molecule has 4 aromatic rings. The predicted molar refractivity (Wildman–Crippen MR) is 157 cm³/mol. The van der Waals surface area contributed by atoms with E-state index in [1.54, 1.807) is 13.3 Å². The van der Waals surface area contributed by atoms with E-state index in [9.17, 15) is 4.79 Å². The molecule has 5 heterocycles. The van der Waals surface area contributed by atoms with Crippen LogP contribution in [0.1, 0.15) is 61.9 Å². The van der Waals surface area contributed by atoms with Crippen molar-refractivity contribution < 1.29 is 14.3 Å². The number of carbonyl (C=O) groups is 1. The summed E-state index contributed by atoms with van der Waals surface area (Å²) in [5, 5.41) is 1.13. The molecule has 0 bridgehead atoms. The fourth-order valence-electron chi connectivity index (χ4n) is 6.01. The molecule has 1 saturated heterocycles. The normalized spacial score (nSPS) is 17.3. The van der Waals surface area contributed by atoms with Gasteiger partial charge in [0.1, 0.15) is 11.2 Å². The van der Waals surface area contributed by atoms with Gasteiger partial charge in [0.05, 0.1) is 13.2 Å². The number of rotatable bonds is 4. The van der Waals surface area contributed by atoms with Crippen molar-refractivity contribution >= 4 is 22.8 Å². The number of ether oxygens (including phenoxy) is 2. The van der Waals surface area contributed by atoms with E-state index >= 15 is 0 Å². The molecule has 3 aromatic heterocycles. The summed E-state index contributed by atoms with van der Waals surface area (Å²) in [6.07, 6.45) is 8.25. The number of aryl methyl sites for hydroxylation is 1. The lowest BCUT2D eigenvalue weighted by atomic mass is 9.86. The molecule has 8 heteroatoms. The first kappa shape index (κ1) is 26.2. The first-order valence-electron chi connectivity index (χ1n) is 14.0. The summed E-state index contributed by atoms with van der Waals surface area (Å²) in [6, 6.07) is 10.8. The number of carbonyl (C=O) groups excluding carboxylic acids is 1. The van der Waals surface area contributed by atoms with Crippen molar-refractivity contribution in [1.29, 1.82) is 0 Å². The molecular weight excluding hydrogens is 502 g/mol. The number of anilines is 1. The van der Waals surface area contributed by atoms with E-state index in [2.05, 4.69) is 40.0 Å². The third-order valence-corrected chi connectivity index (χ3v) is 7.98. The lowest BCUT2D eigenvalue weighted by molar-refractivity contribution is 0.0224. The Bertz CT molecular complexity index is 1570. The highest BCUT2D eigenvalue weighted by molar-refractivity contribution is 5.84. The summed E-state index contributed by atoms with van der Waals surface area (Å²) < 4.78 is 11.2. The number of likely N-dealkylation sites (tertiary alicyclic amines) is 1.